The number of nitrogens with zero attached hydrogens (tertiary/aromatic N) is 4. The van der Waals surface area contributed by atoms with Gasteiger partial charge in [0.2, 0.25) is 0 Å². The standard InChI is InChI=1S/C55H30N4O2S/c1-2-12-32-26-44-42(25-31(32)11-1)36-13-3-7-17-43(36)59(44)45-27-35(29-49-52(45)41-16-5-9-19-47(41)61-49)55-57-53(33-21-23-38-37-14-4-8-18-46(37)60-48(38)28-33)56-54(58-55)34-22-24-40-39-15-6-10-20-50(39)62-51(40)30-34/h1-30H. The van der Waals surface area contributed by atoms with Gasteiger partial charge in [0.25, 0.3) is 0 Å². The molecule has 0 aliphatic carbocycles. The van der Waals surface area contributed by atoms with E-state index in [1.807, 2.05) is 36.4 Å². The van der Waals surface area contributed by atoms with Crippen LogP contribution >= 0.6 is 11.3 Å². The maximum absolute atomic E-state index is 6.74. The topological polar surface area (TPSA) is 69.9 Å². The minimum Gasteiger partial charge on any atom is -0.456 e. The summed E-state index contributed by atoms with van der Waals surface area (Å²) in [6.45, 7) is 0. The van der Waals surface area contributed by atoms with Gasteiger partial charge in [-0.25, -0.2) is 15.0 Å². The fraction of sp³-hybridized carbons (Fsp3) is 0. The largest absolute Gasteiger partial charge is 0.456 e. The van der Waals surface area contributed by atoms with Crippen molar-refractivity contribution in [2.45, 2.75) is 0 Å². The van der Waals surface area contributed by atoms with Gasteiger partial charge < -0.3 is 13.4 Å². The molecule has 0 saturated carbocycles. The summed E-state index contributed by atoms with van der Waals surface area (Å²) in [6.07, 6.45) is 0. The van der Waals surface area contributed by atoms with Crippen molar-refractivity contribution in [1.82, 2.24) is 19.5 Å². The van der Waals surface area contributed by atoms with E-state index >= 15 is 0 Å². The number of para-hydroxylation sites is 3. The van der Waals surface area contributed by atoms with Gasteiger partial charge in [-0.1, -0.05) is 115 Å². The maximum atomic E-state index is 6.74. The molecule has 0 unspecified atom stereocenters. The van der Waals surface area contributed by atoms with Crippen molar-refractivity contribution in [3.63, 3.8) is 0 Å². The van der Waals surface area contributed by atoms with Crippen molar-refractivity contribution in [2.24, 2.45) is 0 Å². The zero-order valence-corrected chi connectivity index (χ0v) is 33.7. The summed E-state index contributed by atoms with van der Waals surface area (Å²) in [5.74, 6) is 1.68. The van der Waals surface area contributed by atoms with Crippen molar-refractivity contribution < 1.29 is 8.83 Å². The Balaban J connectivity index is 1.05. The molecule has 14 aromatic rings. The number of thiophene rings is 1. The fourth-order valence-corrected chi connectivity index (χ4v) is 10.7. The lowest BCUT2D eigenvalue weighted by molar-refractivity contribution is 0.668. The van der Waals surface area contributed by atoms with Gasteiger partial charge in [0.15, 0.2) is 17.5 Å². The Morgan fingerprint density at radius 2 is 0.919 bits per heavy atom. The first-order valence-corrected chi connectivity index (χ1v) is 21.5. The normalized spacial score (nSPS) is 12.2. The molecule has 9 aromatic carbocycles. The van der Waals surface area contributed by atoms with E-state index in [-0.39, 0.29) is 0 Å². The molecule has 288 valence electrons. The summed E-state index contributed by atoms with van der Waals surface area (Å²) in [6, 6.07) is 63.9. The lowest BCUT2D eigenvalue weighted by atomic mass is 10.0. The van der Waals surface area contributed by atoms with E-state index < -0.39 is 0 Å². The molecule has 0 atom stereocenters. The van der Waals surface area contributed by atoms with Gasteiger partial charge in [0.05, 0.1) is 22.1 Å². The third kappa shape index (κ3) is 4.94. The number of hydrogen-bond donors (Lipinski definition) is 0. The Morgan fingerprint density at radius 1 is 0.355 bits per heavy atom. The number of aromatic nitrogens is 4. The van der Waals surface area contributed by atoms with Crippen molar-refractivity contribution in [1.29, 1.82) is 0 Å². The molecule has 62 heavy (non-hydrogen) atoms. The predicted molar refractivity (Wildman–Crippen MR) is 255 cm³/mol. The van der Waals surface area contributed by atoms with Crippen LogP contribution in [0.2, 0.25) is 0 Å². The average molecular weight is 811 g/mol. The molecular weight excluding hydrogens is 781 g/mol. The highest BCUT2D eigenvalue weighted by Gasteiger charge is 2.22. The first-order chi connectivity index (χ1) is 30.7. The highest BCUT2D eigenvalue weighted by atomic mass is 32.1. The second-order valence-electron chi connectivity index (χ2n) is 16.0. The summed E-state index contributed by atoms with van der Waals surface area (Å²) >= 11 is 1.78. The second kappa shape index (κ2) is 12.7. The molecule has 5 aromatic heterocycles. The van der Waals surface area contributed by atoms with Crippen LogP contribution in [0.25, 0.3) is 136 Å². The highest BCUT2D eigenvalue weighted by molar-refractivity contribution is 7.25. The monoisotopic (exact) mass is 810 g/mol. The third-order valence-electron chi connectivity index (χ3n) is 12.4. The van der Waals surface area contributed by atoms with Crippen molar-refractivity contribution in [2.75, 3.05) is 0 Å². The van der Waals surface area contributed by atoms with Crippen LogP contribution in [-0.4, -0.2) is 19.5 Å². The molecule has 14 rings (SSSR count). The fourth-order valence-electron chi connectivity index (χ4n) is 9.55. The van der Waals surface area contributed by atoms with E-state index in [4.69, 9.17) is 23.8 Å². The number of fused-ring (bicyclic) bond motifs is 13. The molecule has 0 radical (unpaired) electrons. The van der Waals surface area contributed by atoms with Gasteiger partial charge in [-0.3, -0.25) is 0 Å². The molecule has 0 amide bonds. The number of hydrogen-bond acceptors (Lipinski definition) is 6. The SMILES string of the molecule is c1ccc2cc3c(cc2c1)c1ccccc1n3-c1cc(-c2nc(-c3ccc4c(c3)oc3ccccc34)nc(-c3ccc4c(c3)sc3ccccc34)n2)cc2oc3ccccc3c12. The Morgan fingerprint density at radius 3 is 1.74 bits per heavy atom. The van der Waals surface area contributed by atoms with Gasteiger partial charge in [-0.15, -0.1) is 11.3 Å². The molecule has 0 aliphatic rings. The van der Waals surface area contributed by atoms with Crippen molar-refractivity contribution >= 4 is 108 Å². The molecule has 0 aliphatic heterocycles. The zero-order valence-electron chi connectivity index (χ0n) is 32.8. The molecule has 5 heterocycles. The zero-order chi connectivity index (χ0) is 40.5. The Hall–Kier alpha value is -8.13. The molecule has 0 spiro atoms. The van der Waals surface area contributed by atoms with Crippen LogP contribution in [0.3, 0.4) is 0 Å². The van der Waals surface area contributed by atoms with Gasteiger partial charge in [0, 0.05) is 63.8 Å². The Kier molecular flexibility index (Phi) is 6.89. The van der Waals surface area contributed by atoms with Gasteiger partial charge in [0.1, 0.15) is 22.3 Å². The Bertz CT molecular complexity index is 4060. The second-order valence-corrected chi connectivity index (χ2v) is 17.0. The van der Waals surface area contributed by atoms with Crippen LogP contribution < -0.4 is 0 Å². The summed E-state index contributed by atoms with van der Waals surface area (Å²) in [4.78, 5) is 15.8. The minimum absolute atomic E-state index is 0.543. The van der Waals surface area contributed by atoms with Gasteiger partial charge in [-0.2, -0.15) is 0 Å². The average Bonchev–Trinajstić information content (AvgIpc) is 4.08. The van der Waals surface area contributed by atoms with Crippen molar-refractivity contribution in [3.05, 3.63) is 182 Å². The highest BCUT2D eigenvalue weighted by Crippen LogP contribution is 2.43. The van der Waals surface area contributed by atoms with E-state index in [0.29, 0.717) is 17.5 Å². The summed E-state index contributed by atoms with van der Waals surface area (Å²) < 4.78 is 17.9. The van der Waals surface area contributed by atoms with E-state index in [1.54, 1.807) is 11.3 Å². The molecule has 0 fully saturated rings. The van der Waals surface area contributed by atoms with Crippen molar-refractivity contribution in [3.8, 4) is 39.9 Å². The molecule has 0 saturated heterocycles. The van der Waals surface area contributed by atoms with Crippen LogP contribution in [0.15, 0.2) is 191 Å². The smallest absolute Gasteiger partial charge is 0.164 e. The van der Waals surface area contributed by atoms with Crippen LogP contribution in [0.5, 0.6) is 0 Å². The molecule has 6 nitrogen and oxygen atoms in total. The molecule has 0 bridgehead atoms. The first kappa shape index (κ1) is 33.7. The quantitative estimate of drug-likeness (QED) is 0.177. The van der Waals surface area contributed by atoms with E-state index in [0.717, 1.165) is 77.3 Å². The summed E-state index contributed by atoms with van der Waals surface area (Å²) in [5, 5.41) is 11.4. The summed E-state index contributed by atoms with van der Waals surface area (Å²) in [5.41, 5.74) is 8.97. The van der Waals surface area contributed by atoms with Crippen LogP contribution in [0.1, 0.15) is 0 Å². The predicted octanol–water partition coefficient (Wildman–Crippen LogP) is 15.3. The van der Waals surface area contributed by atoms with Gasteiger partial charge in [-0.05, 0) is 77.5 Å². The molecule has 0 N–H and O–H groups in total. The van der Waals surface area contributed by atoms with Crippen LogP contribution in [0, 0.1) is 0 Å². The number of benzene rings is 9. The van der Waals surface area contributed by atoms with Crippen LogP contribution in [-0.2, 0) is 0 Å². The van der Waals surface area contributed by atoms with E-state index in [9.17, 15) is 0 Å². The summed E-state index contributed by atoms with van der Waals surface area (Å²) in [7, 11) is 0. The van der Waals surface area contributed by atoms with E-state index in [1.165, 1.54) is 41.7 Å². The number of rotatable bonds is 4. The molecular formula is C55H30N4O2S. The van der Waals surface area contributed by atoms with Gasteiger partial charge >= 0.3 is 0 Å². The van der Waals surface area contributed by atoms with E-state index in [2.05, 4.69) is 150 Å². The maximum Gasteiger partial charge on any atom is 0.164 e. The van der Waals surface area contributed by atoms with Crippen LogP contribution in [0.4, 0.5) is 0 Å². The Labute approximate surface area is 356 Å². The minimum atomic E-state index is 0.543. The third-order valence-corrected chi connectivity index (χ3v) is 13.5. The first-order valence-electron chi connectivity index (χ1n) is 20.7. The lowest BCUT2D eigenvalue weighted by Crippen LogP contribution is -2.01. The lowest BCUT2D eigenvalue weighted by Gasteiger charge is -2.13. The number of furan rings is 2. The molecule has 7 heteroatoms.